The lowest BCUT2D eigenvalue weighted by Gasteiger charge is -2.19. The minimum Gasteiger partial charge on any atom is -0.504 e. The summed E-state index contributed by atoms with van der Waals surface area (Å²) >= 11 is 1.73. The van der Waals surface area contributed by atoms with Crippen molar-refractivity contribution < 1.29 is 9.84 Å². The van der Waals surface area contributed by atoms with Crippen LogP contribution in [0.4, 0.5) is 0 Å². The van der Waals surface area contributed by atoms with Gasteiger partial charge in [0.25, 0.3) is 0 Å². The van der Waals surface area contributed by atoms with E-state index in [1.807, 2.05) is 24.0 Å². The number of hydrogen-bond acceptors (Lipinski definition) is 5. The van der Waals surface area contributed by atoms with Crippen LogP contribution >= 0.6 is 11.3 Å². The van der Waals surface area contributed by atoms with Gasteiger partial charge in [-0.05, 0) is 36.8 Å². The second-order valence-electron chi connectivity index (χ2n) is 6.41. The number of phenols is 1. The number of rotatable bonds is 3. The molecule has 6 heteroatoms. The highest BCUT2D eigenvalue weighted by Crippen LogP contribution is 2.39. The van der Waals surface area contributed by atoms with Crippen LogP contribution in [0.5, 0.6) is 11.5 Å². The zero-order valence-electron chi connectivity index (χ0n) is 14.4. The fourth-order valence-electron chi connectivity index (χ4n) is 3.17. The zero-order valence-corrected chi connectivity index (χ0v) is 15.2. The summed E-state index contributed by atoms with van der Waals surface area (Å²) in [6.07, 6.45) is 3.78. The number of aromatic hydroxyl groups is 1. The SMILES string of the molecule is Cc1ccc(-c2cc(O)c3c(c2)CN(Cc2nccn2C)CCO3)s1. The molecule has 25 heavy (non-hydrogen) atoms. The quantitative estimate of drug-likeness (QED) is 0.780. The van der Waals surface area contributed by atoms with E-state index in [0.29, 0.717) is 12.4 Å². The number of phenolic OH excluding ortho intramolecular Hbond substituents is 1. The van der Waals surface area contributed by atoms with Gasteiger partial charge in [-0.15, -0.1) is 11.3 Å². The highest BCUT2D eigenvalue weighted by Gasteiger charge is 2.21. The van der Waals surface area contributed by atoms with Gasteiger partial charge in [0.1, 0.15) is 12.4 Å². The van der Waals surface area contributed by atoms with Gasteiger partial charge < -0.3 is 14.4 Å². The van der Waals surface area contributed by atoms with Crippen molar-refractivity contribution in [2.45, 2.75) is 20.0 Å². The first kappa shape index (κ1) is 16.2. The topological polar surface area (TPSA) is 50.5 Å². The predicted molar refractivity (Wildman–Crippen MR) is 99.0 cm³/mol. The van der Waals surface area contributed by atoms with Crippen LogP contribution in [0.25, 0.3) is 10.4 Å². The second-order valence-corrected chi connectivity index (χ2v) is 7.70. The first-order valence-corrected chi connectivity index (χ1v) is 9.16. The van der Waals surface area contributed by atoms with E-state index in [2.05, 4.69) is 35.0 Å². The Kier molecular flexibility index (Phi) is 4.23. The highest BCUT2D eigenvalue weighted by atomic mass is 32.1. The Labute approximate surface area is 151 Å². The van der Waals surface area contributed by atoms with Gasteiger partial charge in [-0.1, -0.05) is 0 Å². The maximum Gasteiger partial charge on any atom is 0.165 e. The molecule has 0 atom stereocenters. The summed E-state index contributed by atoms with van der Waals surface area (Å²) in [6.45, 7) is 4.94. The van der Waals surface area contributed by atoms with Crippen molar-refractivity contribution in [2.75, 3.05) is 13.2 Å². The molecule has 0 fully saturated rings. The lowest BCUT2D eigenvalue weighted by Crippen LogP contribution is -2.26. The maximum absolute atomic E-state index is 10.5. The third kappa shape index (κ3) is 3.27. The van der Waals surface area contributed by atoms with Crippen LogP contribution in [0, 0.1) is 6.92 Å². The first-order valence-electron chi connectivity index (χ1n) is 8.34. The van der Waals surface area contributed by atoms with Gasteiger partial charge >= 0.3 is 0 Å². The summed E-state index contributed by atoms with van der Waals surface area (Å²) in [5.74, 6) is 1.86. The van der Waals surface area contributed by atoms with Crippen LogP contribution in [-0.4, -0.2) is 32.7 Å². The number of nitrogens with zero attached hydrogens (tertiary/aromatic N) is 3. The zero-order chi connectivity index (χ0) is 17.4. The average molecular weight is 355 g/mol. The molecule has 1 aromatic carbocycles. The molecule has 5 nitrogen and oxygen atoms in total. The standard InChI is InChI=1S/C19H21N3O2S/c1-13-3-4-17(25-13)14-9-15-11-22(12-18-20-5-6-21(18)2)7-8-24-19(15)16(23)10-14/h3-6,9-10,23H,7-8,11-12H2,1-2H3. The molecule has 0 amide bonds. The number of aromatic nitrogens is 2. The molecule has 0 radical (unpaired) electrons. The van der Waals surface area contributed by atoms with Gasteiger partial charge in [0.05, 0.1) is 6.54 Å². The largest absolute Gasteiger partial charge is 0.504 e. The van der Waals surface area contributed by atoms with Gasteiger partial charge in [0.15, 0.2) is 11.5 Å². The van der Waals surface area contributed by atoms with Crippen molar-refractivity contribution in [3.63, 3.8) is 0 Å². The molecular formula is C19H21N3O2S. The smallest absolute Gasteiger partial charge is 0.165 e. The molecule has 0 bridgehead atoms. The van der Waals surface area contributed by atoms with E-state index in [1.165, 1.54) is 4.88 Å². The number of ether oxygens (including phenoxy) is 1. The summed E-state index contributed by atoms with van der Waals surface area (Å²) in [4.78, 5) is 9.14. The van der Waals surface area contributed by atoms with Gasteiger partial charge in [-0.3, -0.25) is 4.90 Å². The lowest BCUT2D eigenvalue weighted by molar-refractivity contribution is 0.212. The summed E-state index contributed by atoms with van der Waals surface area (Å²) in [5.41, 5.74) is 2.06. The number of hydrogen-bond donors (Lipinski definition) is 1. The third-order valence-electron chi connectivity index (χ3n) is 4.50. The van der Waals surface area contributed by atoms with Crippen LogP contribution in [0.2, 0.25) is 0 Å². The van der Waals surface area contributed by atoms with Crippen LogP contribution in [0.1, 0.15) is 16.3 Å². The van der Waals surface area contributed by atoms with Gasteiger partial charge in [0.2, 0.25) is 0 Å². The van der Waals surface area contributed by atoms with Crippen molar-refractivity contribution in [3.05, 3.63) is 52.9 Å². The molecule has 1 aliphatic rings. The first-order chi connectivity index (χ1) is 12.1. The lowest BCUT2D eigenvalue weighted by atomic mass is 10.1. The second kappa shape index (κ2) is 6.54. The van der Waals surface area contributed by atoms with Crippen LogP contribution in [0.3, 0.4) is 0 Å². The molecule has 130 valence electrons. The van der Waals surface area contributed by atoms with Crippen molar-refractivity contribution in [2.24, 2.45) is 7.05 Å². The van der Waals surface area contributed by atoms with E-state index in [9.17, 15) is 5.11 Å². The van der Waals surface area contributed by atoms with Crippen LogP contribution < -0.4 is 4.74 Å². The Balaban J connectivity index is 1.65. The molecule has 3 heterocycles. The van der Waals surface area contributed by atoms with Gasteiger partial charge in [-0.2, -0.15) is 0 Å². The molecule has 0 spiro atoms. The summed E-state index contributed by atoms with van der Waals surface area (Å²) in [6, 6.07) is 8.15. The Morgan fingerprint density at radius 2 is 2.20 bits per heavy atom. The molecule has 0 saturated heterocycles. The number of imidazole rings is 1. The van der Waals surface area contributed by atoms with Crippen molar-refractivity contribution >= 4 is 11.3 Å². The van der Waals surface area contributed by atoms with Crippen LogP contribution in [-0.2, 0) is 20.1 Å². The maximum atomic E-state index is 10.5. The van der Waals surface area contributed by atoms with E-state index in [1.54, 1.807) is 17.4 Å². The van der Waals surface area contributed by atoms with E-state index in [4.69, 9.17) is 4.74 Å². The molecule has 4 rings (SSSR count). The summed E-state index contributed by atoms with van der Waals surface area (Å²) in [7, 11) is 2.01. The number of fused-ring (bicyclic) bond motifs is 1. The Morgan fingerprint density at radius 1 is 1.32 bits per heavy atom. The molecule has 0 saturated carbocycles. The molecule has 3 aromatic rings. The minimum absolute atomic E-state index is 0.220. The van der Waals surface area contributed by atoms with E-state index in [-0.39, 0.29) is 5.75 Å². The Hall–Kier alpha value is -2.31. The fourth-order valence-corrected chi connectivity index (χ4v) is 4.02. The Morgan fingerprint density at radius 3 is 2.92 bits per heavy atom. The molecule has 2 aromatic heterocycles. The molecule has 0 aliphatic carbocycles. The molecule has 1 N–H and O–H groups in total. The van der Waals surface area contributed by atoms with Crippen molar-refractivity contribution in [1.29, 1.82) is 0 Å². The average Bonchev–Trinajstić information content (AvgIpc) is 3.12. The van der Waals surface area contributed by atoms with E-state index in [0.717, 1.165) is 41.5 Å². The normalized spacial score (nSPS) is 14.8. The minimum atomic E-state index is 0.220. The highest BCUT2D eigenvalue weighted by molar-refractivity contribution is 7.15. The van der Waals surface area contributed by atoms with Gasteiger partial charge in [-0.25, -0.2) is 4.98 Å². The number of benzene rings is 1. The predicted octanol–water partition coefficient (Wildman–Crippen LogP) is 3.56. The van der Waals surface area contributed by atoms with E-state index >= 15 is 0 Å². The van der Waals surface area contributed by atoms with Crippen LogP contribution in [0.15, 0.2) is 36.7 Å². The van der Waals surface area contributed by atoms with Crippen molar-refractivity contribution in [3.8, 4) is 21.9 Å². The summed E-state index contributed by atoms with van der Waals surface area (Å²) < 4.78 is 7.88. The summed E-state index contributed by atoms with van der Waals surface area (Å²) in [5, 5.41) is 10.5. The fraction of sp³-hybridized carbons (Fsp3) is 0.316. The number of aryl methyl sites for hydroxylation is 2. The molecule has 0 unspecified atom stereocenters. The van der Waals surface area contributed by atoms with Gasteiger partial charge in [0, 0.05) is 47.8 Å². The monoisotopic (exact) mass is 355 g/mol. The molecule has 1 aliphatic heterocycles. The molecular weight excluding hydrogens is 334 g/mol. The number of thiophene rings is 1. The van der Waals surface area contributed by atoms with Crippen molar-refractivity contribution in [1.82, 2.24) is 14.5 Å². The Bertz CT molecular complexity index is 900. The van der Waals surface area contributed by atoms with E-state index < -0.39 is 0 Å². The third-order valence-corrected chi connectivity index (χ3v) is 5.55.